The Morgan fingerprint density at radius 3 is 2.79 bits per heavy atom. The van der Waals surface area contributed by atoms with Crippen molar-refractivity contribution in [2.24, 2.45) is 13.0 Å². The molecule has 0 amide bonds. The molecule has 2 N–H and O–H groups in total. The van der Waals surface area contributed by atoms with Crippen molar-refractivity contribution in [3.05, 3.63) is 30.1 Å². The second-order valence-corrected chi connectivity index (χ2v) is 5.78. The van der Waals surface area contributed by atoms with Crippen LogP contribution in [0, 0.1) is 5.92 Å². The zero-order valence-electron chi connectivity index (χ0n) is 11.6. The molecule has 1 heterocycles. The summed E-state index contributed by atoms with van der Waals surface area (Å²) >= 11 is 0. The highest BCUT2D eigenvalue weighted by Crippen LogP contribution is 2.39. The molecule has 1 atom stereocenters. The summed E-state index contributed by atoms with van der Waals surface area (Å²) in [6.07, 6.45) is 2.43. The number of aryl methyl sites for hydroxylation is 1. The van der Waals surface area contributed by atoms with E-state index in [2.05, 4.69) is 27.9 Å². The smallest absolute Gasteiger partial charge is 0.123 e. The van der Waals surface area contributed by atoms with Crippen LogP contribution >= 0.6 is 0 Å². The standard InChI is InChI=1S/C15H21N3O/c1-15(10-19,11-7-8-11)16-9-14-17-12-5-3-4-6-13(12)18(14)2/h3-6,11,16,19H,7-10H2,1-2H3. The lowest BCUT2D eigenvalue weighted by Gasteiger charge is -2.28. The highest BCUT2D eigenvalue weighted by molar-refractivity contribution is 5.75. The molecule has 1 aliphatic rings. The summed E-state index contributed by atoms with van der Waals surface area (Å²) in [6, 6.07) is 8.15. The fraction of sp³-hybridized carbons (Fsp3) is 0.533. The minimum Gasteiger partial charge on any atom is -0.394 e. The van der Waals surface area contributed by atoms with Crippen molar-refractivity contribution in [3.63, 3.8) is 0 Å². The fourth-order valence-electron chi connectivity index (χ4n) is 2.68. The van der Waals surface area contributed by atoms with Gasteiger partial charge in [-0.3, -0.25) is 0 Å². The number of aliphatic hydroxyl groups is 1. The highest BCUT2D eigenvalue weighted by Gasteiger charge is 2.40. The van der Waals surface area contributed by atoms with Gasteiger partial charge in [0.15, 0.2) is 0 Å². The summed E-state index contributed by atoms with van der Waals surface area (Å²) in [5.41, 5.74) is 2.01. The first-order valence-corrected chi connectivity index (χ1v) is 6.90. The number of aliphatic hydroxyl groups excluding tert-OH is 1. The normalized spacial score (nSPS) is 18.7. The molecular weight excluding hydrogens is 238 g/mol. The van der Waals surface area contributed by atoms with Crippen molar-refractivity contribution in [1.82, 2.24) is 14.9 Å². The lowest BCUT2D eigenvalue weighted by molar-refractivity contribution is 0.152. The molecule has 1 unspecified atom stereocenters. The van der Waals surface area contributed by atoms with E-state index in [0.29, 0.717) is 12.5 Å². The minimum absolute atomic E-state index is 0.169. The van der Waals surface area contributed by atoms with E-state index in [1.807, 2.05) is 25.2 Å². The summed E-state index contributed by atoms with van der Waals surface area (Å²) < 4.78 is 2.12. The molecule has 1 saturated carbocycles. The van der Waals surface area contributed by atoms with Crippen LogP contribution in [0.2, 0.25) is 0 Å². The number of hydrogen-bond acceptors (Lipinski definition) is 3. The minimum atomic E-state index is -0.169. The monoisotopic (exact) mass is 259 g/mol. The number of fused-ring (bicyclic) bond motifs is 1. The lowest BCUT2D eigenvalue weighted by atomic mass is 9.97. The maximum atomic E-state index is 9.59. The van der Waals surface area contributed by atoms with E-state index in [1.165, 1.54) is 12.8 Å². The molecule has 4 heteroatoms. The quantitative estimate of drug-likeness (QED) is 0.861. The van der Waals surface area contributed by atoms with E-state index in [4.69, 9.17) is 0 Å². The van der Waals surface area contributed by atoms with Crippen LogP contribution in [0.25, 0.3) is 11.0 Å². The number of para-hydroxylation sites is 2. The molecule has 1 aromatic carbocycles. The van der Waals surface area contributed by atoms with Crippen molar-refractivity contribution in [2.45, 2.75) is 31.8 Å². The van der Waals surface area contributed by atoms with Crippen molar-refractivity contribution >= 4 is 11.0 Å². The molecule has 102 valence electrons. The average Bonchev–Trinajstić information content (AvgIpc) is 3.23. The molecule has 0 saturated heterocycles. The Balaban J connectivity index is 1.80. The van der Waals surface area contributed by atoms with Gasteiger partial charge in [0.25, 0.3) is 0 Å². The predicted molar refractivity (Wildman–Crippen MR) is 75.8 cm³/mol. The van der Waals surface area contributed by atoms with Crippen molar-refractivity contribution < 1.29 is 5.11 Å². The van der Waals surface area contributed by atoms with Crippen LogP contribution in [0.15, 0.2) is 24.3 Å². The third-order valence-electron chi connectivity index (χ3n) is 4.34. The number of hydrogen-bond donors (Lipinski definition) is 2. The summed E-state index contributed by atoms with van der Waals surface area (Å²) in [4.78, 5) is 4.65. The fourth-order valence-corrected chi connectivity index (χ4v) is 2.68. The SMILES string of the molecule is Cn1c(CNC(C)(CO)C2CC2)nc2ccccc21. The maximum Gasteiger partial charge on any atom is 0.123 e. The van der Waals surface area contributed by atoms with Gasteiger partial charge in [0.2, 0.25) is 0 Å². The van der Waals surface area contributed by atoms with Crippen LogP contribution in [0.5, 0.6) is 0 Å². The Labute approximate surface area is 113 Å². The van der Waals surface area contributed by atoms with Gasteiger partial charge in [0.05, 0.1) is 24.2 Å². The van der Waals surface area contributed by atoms with E-state index < -0.39 is 0 Å². The van der Waals surface area contributed by atoms with Crippen LogP contribution in [0.1, 0.15) is 25.6 Å². The van der Waals surface area contributed by atoms with Crippen LogP contribution in [0.4, 0.5) is 0 Å². The first-order valence-electron chi connectivity index (χ1n) is 6.90. The average molecular weight is 259 g/mol. The lowest BCUT2D eigenvalue weighted by Crippen LogP contribution is -2.47. The topological polar surface area (TPSA) is 50.1 Å². The number of benzene rings is 1. The van der Waals surface area contributed by atoms with Crippen LogP contribution in [-0.2, 0) is 13.6 Å². The van der Waals surface area contributed by atoms with E-state index in [1.54, 1.807) is 0 Å². The van der Waals surface area contributed by atoms with Gasteiger partial charge in [0.1, 0.15) is 5.82 Å². The first kappa shape index (κ1) is 12.6. The van der Waals surface area contributed by atoms with E-state index in [-0.39, 0.29) is 12.1 Å². The molecule has 0 bridgehead atoms. The van der Waals surface area contributed by atoms with Gasteiger partial charge in [-0.2, -0.15) is 0 Å². The molecule has 0 aliphatic heterocycles. The van der Waals surface area contributed by atoms with Crippen molar-refractivity contribution in [3.8, 4) is 0 Å². The first-order chi connectivity index (χ1) is 9.14. The molecule has 1 aromatic heterocycles. The number of aromatic nitrogens is 2. The molecule has 0 radical (unpaired) electrons. The maximum absolute atomic E-state index is 9.59. The highest BCUT2D eigenvalue weighted by atomic mass is 16.3. The van der Waals surface area contributed by atoms with Crippen LogP contribution < -0.4 is 5.32 Å². The summed E-state index contributed by atoms with van der Waals surface area (Å²) in [6.45, 7) is 2.98. The predicted octanol–water partition coefficient (Wildman–Crippen LogP) is 1.82. The second kappa shape index (κ2) is 4.62. The second-order valence-electron chi connectivity index (χ2n) is 5.78. The molecule has 3 rings (SSSR count). The van der Waals surface area contributed by atoms with Gasteiger partial charge in [-0.25, -0.2) is 4.98 Å². The van der Waals surface area contributed by atoms with Gasteiger partial charge in [-0.05, 0) is 37.8 Å². The Kier molecular flexibility index (Phi) is 3.07. The van der Waals surface area contributed by atoms with Crippen LogP contribution in [-0.4, -0.2) is 26.8 Å². The Hall–Kier alpha value is -1.39. The summed E-state index contributed by atoms with van der Waals surface area (Å²) in [5, 5.41) is 13.1. The number of imidazole rings is 1. The molecular formula is C15H21N3O. The molecule has 19 heavy (non-hydrogen) atoms. The third kappa shape index (κ3) is 2.26. The number of nitrogens with zero attached hydrogens (tertiary/aromatic N) is 2. The Morgan fingerprint density at radius 2 is 2.16 bits per heavy atom. The van der Waals surface area contributed by atoms with E-state index in [0.717, 1.165) is 16.9 Å². The Morgan fingerprint density at radius 1 is 1.42 bits per heavy atom. The molecule has 1 aliphatic carbocycles. The van der Waals surface area contributed by atoms with E-state index >= 15 is 0 Å². The zero-order chi connectivity index (χ0) is 13.5. The molecule has 4 nitrogen and oxygen atoms in total. The zero-order valence-corrected chi connectivity index (χ0v) is 11.6. The van der Waals surface area contributed by atoms with Gasteiger partial charge in [-0.1, -0.05) is 12.1 Å². The van der Waals surface area contributed by atoms with Gasteiger partial charge < -0.3 is 15.0 Å². The van der Waals surface area contributed by atoms with Crippen molar-refractivity contribution in [1.29, 1.82) is 0 Å². The molecule has 1 fully saturated rings. The van der Waals surface area contributed by atoms with Gasteiger partial charge in [-0.15, -0.1) is 0 Å². The van der Waals surface area contributed by atoms with Gasteiger partial charge in [0, 0.05) is 12.6 Å². The van der Waals surface area contributed by atoms with Gasteiger partial charge >= 0.3 is 0 Å². The van der Waals surface area contributed by atoms with E-state index in [9.17, 15) is 5.11 Å². The Bertz CT molecular complexity index is 588. The number of rotatable bonds is 5. The molecule has 2 aromatic rings. The number of nitrogens with one attached hydrogen (secondary N) is 1. The summed E-state index contributed by atoms with van der Waals surface area (Å²) in [5.74, 6) is 1.62. The third-order valence-corrected chi connectivity index (χ3v) is 4.34. The summed E-state index contributed by atoms with van der Waals surface area (Å²) in [7, 11) is 2.04. The van der Waals surface area contributed by atoms with Crippen molar-refractivity contribution in [2.75, 3.05) is 6.61 Å². The van der Waals surface area contributed by atoms with Crippen LogP contribution in [0.3, 0.4) is 0 Å². The largest absolute Gasteiger partial charge is 0.394 e. The molecule has 0 spiro atoms.